The Morgan fingerprint density at radius 2 is 1.97 bits per heavy atom. The molecule has 0 aliphatic carbocycles. The van der Waals surface area contributed by atoms with E-state index in [1.54, 1.807) is 12.4 Å². The van der Waals surface area contributed by atoms with Crippen LogP contribution in [0.4, 0.5) is 11.4 Å². The lowest BCUT2D eigenvalue weighted by Gasteiger charge is -2.26. The van der Waals surface area contributed by atoms with E-state index in [2.05, 4.69) is 50.3 Å². The van der Waals surface area contributed by atoms with Crippen molar-refractivity contribution >= 4 is 22.3 Å². The molecule has 0 radical (unpaired) electrons. The van der Waals surface area contributed by atoms with Gasteiger partial charge in [0, 0.05) is 78.3 Å². The molecule has 1 aliphatic rings. The summed E-state index contributed by atoms with van der Waals surface area (Å²) < 4.78 is 5.45. The second kappa shape index (κ2) is 8.79. The maximum absolute atomic E-state index is 9.78. The highest BCUT2D eigenvalue weighted by Crippen LogP contribution is 2.35. The van der Waals surface area contributed by atoms with Crippen LogP contribution in [0.1, 0.15) is 16.7 Å². The summed E-state index contributed by atoms with van der Waals surface area (Å²) in [5, 5.41) is 14.4. The Hall–Kier alpha value is -3.73. The fraction of sp³-hybridized carbons (Fsp3) is 0.240. The van der Waals surface area contributed by atoms with Crippen LogP contribution in [-0.4, -0.2) is 46.2 Å². The molecule has 160 valence electrons. The minimum atomic E-state index is 0.495. The van der Waals surface area contributed by atoms with Gasteiger partial charge in [0.1, 0.15) is 6.07 Å². The molecule has 3 aromatic heterocycles. The molecule has 1 aromatic carbocycles. The number of H-pyrrole nitrogens is 1. The van der Waals surface area contributed by atoms with E-state index in [-0.39, 0.29) is 0 Å². The van der Waals surface area contributed by atoms with Crippen molar-refractivity contribution < 1.29 is 4.74 Å². The van der Waals surface area contributed by atoms with Gasteiger partial charge >= 0.3 is 0 Å². The first-order valence-electron chi connectivity index (χ1n) is 10.7. The average molecular weight is 425 g/mol. The van der Waals surface area contributed by atoms with E-state index in [1.165, 1.54) is 0 Å². The zero-order chi connectivity index (χ0) is 21.9. The van der Waals surface area contributed by atoms with Crippen LogP contribution in [-0.2, 0) is 11.3 Å². The first kappa shape index (κ1) is 20.2. The summed E-state index contributed by atoms with van der Waals surface area (Å²) in [7, 11) is 0. The first-order valence-corrected chi connectivity index (χ1v) is 10.7. The third-order valence-electron chi connectivity index (χ3n) is 5.95. The summed E-state index contributed by atoms with van der Waals surface area (Å²) >= 11 is 0. The Morgan fingerprint density at radius 3 is 2.81 bits per heavy atom. The van der Waals surface area contributed by atoms with E-state index in [0.717, 1.165) is 77.4 Å². The summed E-state index contributed by atoms with van der Waals surface area (Å²) in [4.78, 5) is 14.4. The third kappa shape index (κ3) is 3.94. The van der Waals surface area contributed by atoms with Crippen molar-refractivity contribution in [3.05, 3.63) is 71.9 Å². The molecule has 7 heteroatoms. The lowest BCUT2D eigenvalue weighted by atomic mass is 10.0. The van der Waals surface area contributed by atoms with E-state index in [9.17, 15) is 5.26 Å². The van der Waals surface area contributed by atoms with Crippen LogP contribution < -0.4 is 5.32 Å². The predicted molar refractivity (Wildman–Crippen MR) is 125 cm³/mol. The molecule has 4 aromatic rings. The van der Waals surface area contributed by atoms with Crippen molar-refractivity contribution in [2.75, 3.05) is 31.6 Å². The quantitative estimate of drug-likeness (QED) is 0.494. The fourth-order valence-electron chi connectivity index (χ4n) is 4.19. The van der Waals surface area contributed by atoms with Crippen molar-refractivity contribution in [2.45, 2.75) is 13.5 Å². The molecule has 5 rings (SSSR count). The molecular weight excluding hydrogens is 400 g/mol. The molecule has 1 fully saturated rings. The minimum absolute atomic E-state index is 0.495. The van der Waals surface area contributed by atoms with Gasteiger partial charge < -0.3 is 15.0 Å². The van der Waals surface area contributed by atoms with Crippen LogP contribution in [0, 0.1) is 18.3 Å². The number of nitrogens with zero attached hydrogens (tertiary/aromatic N) is 4. The van der Waals surface area contributed by atoms with Gasteiger partial charge in [-0.3, -0.25) is 14.9 Å². The molecule has 0 spiro atoms. The number of rotatable bonds is 5. The number of nitrogens with one attached hydrogen (secondary N) is 2. The summed E-state index contributed by atoms with van der Waals surface area (Å²) in [6.07, 6.45) is 9.06. The second-order valence-electron chi connectivity index (χ2n) is 7.99. The summed E-state index contributed by atoms with van der Waals surface area (Å²) in [6, 6.07) is 10.6. The topological polar surface area (TPSA) is 89.9 Å². The van der Waals surface area contributed by atoms with E-state index in [0.29, 0.717) is 5.56 Å². The second-order valence-corrected chi connectivity index (χ2v) is 7.99. The maximum atomic E-state index is 9.78. The zero-order valence-electron chi connectivity index (χ0n) is 17.9. The van der Waals surface area contributed by atoms with Gasteiger partial charge in [0.25, 0.3) is 0 Å². The number of fused-ring (bicyclic) bond motifs is 1. The van der Waals surface area contributed by atoms with E-state index >= 15 is 0 Å². The third-order valence-corrected chi connectivity index (χ3v) is 5.95. The number of aromatic nitrogens is 3. The molecule has 0 bridgehead atoms. The molecular formula is C25H24N6O. The van der Waals surface area contributed by atoms with Crippen molar-refractivity contribution in [1.29, 1.82) is 5.26 Å². The standard InChI is InChI=1S/C25H24N6O/c1-17-21-4-5-29-24(21)3-2-23(17)30-25-20(11-26)14-28-15-22(25)19-10-18(12-27-13-19)16-31-6-8-32-9-7-31/h2-5,10,12-15,29H,6-9,16H2,1H3,(H,28,30). The summed E-state index contributed by atoms with van der Waals surface area (Å²) in [5.41, 5.74) is 7.32. The summed E-state index contributed by atoms with van der Waals surface area (Å²) in [6.45, 7) is 6.27. The van der Waals surface area contributed by atoms with E-state index in [4.69, 9.17) is 4.74 Å². The number of pyridine rings is 2. The largest absolute Gasteiger partial charge is 0.379 e. The Bertz CT molecular complexity index is 1300. The number of benzene rings is 1. The van der Waals surface area contributed by atoms with Gasteiger partial charge in [0.05, 0.1) is 24.5 Å². The highest BCUT2D eigenvalue weighted by atomic mass is 16.5. The van der Waals surface area contributed by atoms with Crippen LogP contribution in [0.2, 0.25) is 0 Å². The molecule has 4 heterocycles. The Morgan fingerprint density at radius 1 is 1.12 bits per heavy atom. The molecule has 2 N–H and O–H groups in total. The van der Waals surface area contributed by atoms with Crippen LogP contribution in [0.3, 0.4) is 0 Å². The highest BCUT2D eigenvalue weighted by molar-refractivity contribution is 5.91. The lowest BCUT2D eigenvalue weighted by molar-refractivity contribution is 0.0341. The maximum Gasteiger partial charge on any atom is 0.103 e. The molecule has 1 saturated heterocycles. The van der Waals surface area contributed by atoms with Gasteiger partial charge in [-0.2, -0.15) is 5.26 Å². The monoisotopic (exact) mass is 424 g/mol. The molecule has 0 saturated carbocycles. The number of aromatic amines is 1. The van der Waals surface area contributed by atoms with Crippen LogP contribution in [0.15, 0.2) is 55.2 Å². The fourth-order valence-corrected chi connectivity index (χ4v) is 4.19. The minimum Gasteiger partial charge on any atom is -0.379 e. The molecule has 0 atom stereocenters. The van der Waals surface area contributed by atoms with Gasteiger partial charge in [0.15, 0.2) is 0 Å². The Labute approximate surface area is 186 Å². The van der Waals surface area contributed by atoms with Gasteiger partial charge in [-0.1, -0.05) is 0 Å². The van der Waals surface area contributed by atoms with Crippen molar-refractivity contribution in [1.82, 2.24) is 19.9 Å². The van der Waals surface area contributed by atoms with Crippen LogP contribution >= 0.6 is 0 Å². The Kier molecular flexibility index (Phi) is 5.55. The number of hydrogen-bond donors (Lipinski definition) is 2. The Balaban J connectivity index is 1.52. The molecule has 32 heavy (non-hydrogen) atoms. The van der Waals surface area contributed by atoms with E-state index < -0.39 is 0 Å². The number of anilines is 2. The van der Waals surface area contributed by atoms with Crippen LogP contribution in [0.25, 0.3) is 22.0 Å². The van der Waals surface area contributed by atoms with Crippen LogP contribution in [0.5, 0.6) is 0 Å². The normalized spacial score (nSPS) is 14.4. The van der Waals surface area contributed by atoms with Gasteiger partial charge in [-0.25, -0.2) is 0 Å². The number of hydrogen-bond acceptors (Lipinski definition) is 6. The van der Waals surface area contributed by atoms with Gasteiger partial charge in [-0.05, 0) is 42.3 Å². The highest BCUT2D eigenvalue weighted by Gasteiger charge is 2.16. The number of morpholine rings is 1. The average Bonchev–Trinajstić information content (AvgIpc) is 3.31. The molecule has 0 amide bonds. The number of aryl methyl sites for hydroxylation is 1. The van der Waals surface area contributed by atoms with Crippen molar-refractivity contribution in [3.63, 3.8) is 0 Å². The van der Waals surface area contributed by atoms with E-state index in [1.807, 2.05) is 30.7 Å². The number of nitriles is 1. The molecule has 0 unspecified atom stereocenters. The zero-order valence-corrected chi connectivity index (χ0v) is 17.9. The van der Waals surface area contributed by atoms with Gasteiger partial charge in [-0.15, -0.1) is 0 Å². The molecule has 7 nitrogen and oxygen atoms in total. The lowest BCUT2D eigenvalue weighted by Crippen LogP contribution is -2.35. The first-order chi connectivity index (χ1) is 15.7. The molecule has 1 aliphatic heterocycles. The van der Waals surface area contributed by atoms with Crippen molar-refractivity contribution in [3.8, 4) is 17.2 Å². The van der Waals surface area contributed by atoms with Crippen molar-refractivity contribution in [2.24, 2.45) is 0 Å². The predicted octanol–water partition coefficient (Wildman–Crippen LogP) is 4.38. The van der Waals surface area contributed by atoms with Gasteiger partial charge in [0.2, 0.25) is 0 Å². The number of ether oxygens (including phenoxy) is 1. The summed E-state index contributed by atoms with van der Waals surface area (Å²) in [5.74, 6) is 0. The SMILES string of the molecule is Cc1c(Nc2c(C#N)cncc2-c2cncc(CN3CCOCC3)c2)ccc2[nH]ccc12. The smallest absolute Gasteiger partial charge is 0.103 e.